The minimum absolute atomic E-state index is 0.0274. The molecular formula is C39H41ClFN9O4. The fraction of sp³-hybridized carbons (Fsp3) is 0.410. The quantitative estimate of drug-likeness (QED) is 0.212. The lowest BCUT2D eigenvalue weighted by atomic mass is 9.73. The van der Waals surface area contributed by atoms with Gasteiger partial charge in [-0.15, -0.1) is 5.10 Å². The normalized spacial score (nSPS) is 17.8. The third kappa shape index (κ3) is 6.30. The summed E-state index contributed by atoms with van der Waals surface area (Å²) < 4.78 is 18.5. The molecule has 1 aliphatic heterocycles. The van der Waals surface area contributed by atoms with E-state index in [2.05, 4.69) is 20.4 Å². The van der Waals surface area contributed by atoms with Gasteiger partial charge in [-0.1, -0.05) is 30.7 Å². The molecule has 8 rings (SSSR count). The number of benzene rings is 2. The molecule has 2 aromatic carbocycles. The number of likely N-dealkylation sites (tertiary alicyclic amines) is 1. The van der Waals surface area contributed by atoms with Gasteiger partial charge in [-0.05, 0) is 100 Å². The average Bonchev–Trinajstić information content (AvgIpc) is 3.82. The highest BCUT2D eigenvalue weighted by atomic mass is 35.5. The molecule has 1 spiro atoms. The van der Waals surface area contributed by atoms with Crippen molar-refractivity contribution in [1.82, 2.24) is 38.9 Å². The maximum absolute atomic E-state index is 15.6. The van der Waals surface area contributed by atoms with Crippen molar-refractivity contribution >= 4 is 34.9 Å². The monoisotopic (exact) mass is 753 g/mol. The van der Waals surface area contributed by atoms with E-state index < -0.39 is 17.1 Å². The molecule has 2 fully saturated rings. The number of aryl methyl sites for hydroxylation is 1. The standard InChI is InChI=1S/C39H41ClFN9O4/c1-21-17-39(11-13-48(14-12-39)37(54)32-34(52)22(2)42-20-43-32)31-33(21)49(19-30(51)44-29-10-8-25(16-27(29)40)24-6-7-24)38-45-35(46-50(38)36(31)53)26-9-5-23(15-28(26)41)18-47(3)4/h5,8-10,15-16,20-21,24,52H,6-7,11-14,17-19H2,1-4H3,(H,44,51)/t21-/m0/s1. The van der Waals surface area contributed by atoms with Gasteiger partial charge in [0.05, 0.1) is 22.0 Å². The Kier molecular flexibility index (Phi) is 9.00. The molecule has 1 saturated heterocycles. The van der Waals surface area contributed by atoms with E-state index in [1.807, 2.05) is 44.1 Å². The van der Waals surface area contributed by atoms with Crippen molar-refractivity contribution < 1.29 is 19.1 Å². The van der Waals surface area contributed by atoms with Crippen LogP contribution >= 0.6 is 11.6 Å². The van der Waals surface area contributed by atoms with Crippen molar-refractivity contribution in [2.75, 3.05) is 32.5 Å². The van der Waals surface area contributed by atoms with Gasteiger partial charge in [-0.3, -0.25) is 14.4 Å². The molecule has 4 heterocycles. The smallest absolute Gasteiger partial charge is 0.279 e. The number of nitrogens with one attached hydrogen (secondary N) is 1. The van der Waals surface area contributed by atoms with E-state index in [0.717, 1.165) is 24.0 Å². The van der Waals surface area contributed by atoms with Gasteiger partial charge in [0, 0.05) is 36.3 Å². The number of aromatic hydroxyl groups is 1. The van der Waals surface area contributed by atoms with Gasteiger partial charge in [0.2, 0.25) is 11.7 Å². The Morgan fingerprint density at radius 2 is 1.87 bits per heavy atom. The molecule has 1 saturated carbocycles. The van der Waals surface area contributed by atoms with Crippen molar-refractivity contribution in [1.29, 1.82) is 0 Å². The minimum atomic E-state index is -0.633. The van der Waals surface area contributed by atoms with Crippen LogP contribution in [-0.2, 0) is 23.3 Å². The average molecular weight is 754 g/mol. The lowest BCUT2D eigenvalue weighted by Gasteiger charge is -2.39. The third-order valence-electron chi connectivity index (χ3n) is 11.1. The van der Waals surface area contributed by atoms with Gasteiger partial charge in [0.25, 0.3) is 11.5 Å². The Morgan fingerprint density at radius 1 is 1.11 bits per heavy atom. The van der Waals surface area contributed by atoms with Crippen LogP contribution in [0.2, 0.25) is 5.02 Å². The molecule has 54 heavy (non-hydrogen) atoms. The number of carbonyl (C=O) groups excluding carboxylic acids is 2. The molecule has 15 heteroatoms. The van der Waals surface area contributed by atoms with Gasteiger partial charge in [0.15, 0.2) is 17.3 Å². The number of carbonyl (C=O) groups is 2. The van der Waals surface area contributed by atoms with Crippen LogP contribution < -0.4 is 10.9 Å². The second-order valence-corrected chi connectivity index (χ2v) is 15.7. The predicted octanol–water partition coefficient (Wildman–Crippen LogP) is 5.41. The summed E-state index contributed by atoms with van der Waals surface area (Å²) in [6, 6.07) is 10.5. The van der Waals surface area contributed by atoms with Crippen LogP contribution in [0.15, 0.2) is 47.5 Å². The molecule has 3 aliphatic rings. The summed E-state index contributed by atoms with van der Waals surface area (Å²) in [7, 11) is 3.80. The Balaban J connectivity index is 1.18. The van der Waals surface area contributed by atoms with Crippen LogP contribution in [0.3, 0.4) is 0 Å². The van der Waals surface area contributed by atoms with Gasteiger partial charge >= 0.3 is 0 Å². The highest BCUT2D eigenvalue weighted by molar-refractivity contribution is 6.33. The van der Waals surface area contributed by atoms with Crippen LogP contribution in [0.25, 0.3) is 17.2 Å². The van der Waals surface area contributed by atoms with Gasteiger partial charge < -0.3 is 24.8 Å². The van der Waals surface area contributed by atoms with Crippen molar-refractivity contribution in [3.63, 3.8) is 0 Å². The van der Waals surface area contributed by atoms with Crippen LogP contribution in [0.1, 0.15) is 89.4 Å². The number of nitrogens with zero attached hydrogens (tertiary/aromatic N) is 8. The summed E-state index contributed by atoms with van der Waals surface area (Å²) in [4.78, 5) is 58.2. The van der Waals surface area contributed by atoms with Crippen molar-refractivity contribution in [2.45, 2.75) is 76.3 Å². The number of rotatable bonds is 8. The molecule has 1 atom stereocenters. The fourth-order valence-electron chi connectivity index (χ4n) is 8.34. The molecule has 0 unspecified atom stereocenters. The Morgan fingerprint density at radius 3 is 2.56 bits per heavy atom. The van der Waals surface area contributed by atoms with Crippen molar-refractivity contribution in [2.24, 2.45) is 0 Å². The summed E-state index contributed by atoms with van der Waals surface area (Å²) in [5.74, 6) is -1.06. The fourth-order valence-corrected chi connectivity index (χ4v) is 8.58. The lowest BCUT2D eigenvalue weighted by Crippen LogP contribution is -2.46. The molecule has 0 radical (unpaired) electrons. The number of anilines is 1. The number of halogens is 2. The number of amides is 2. The van der Waals surface area contributed by atoms with Crippen LogP contribution in [0.4, 0.5) is 10.1 Å². The second-order valence-electron chi connectivity index (χ2n) is 15.2. The zero-order chi connectivity index (χ0) is 38.1. The van der Waals surface area contributed by atoms with E-state index in [-0.39, 0.29) is 52.5 Å². The van der Waals surface area contributed by atoms with E-state index in [1.54, 1.807) is 28.5 Å². The van der Waals surface area contributed by atoms with E-state index in [9.17, 15) is 19.5 Å². The SMILES string of the molecule is Cc1ncnc(C(=O)N2CCC3(CC2)C[C@H](C)c2c3c(=O)n3nc(-c4ccc(CN(C)C)cc4F)nc3n2CC(=O)Nc2ccc(C3CC3)cc2Cl)c1O. The largest absolute Gasteiger partial charge is 0.504 e. The Labute approximate surface area is 315 Å². The molecule has 2 aliphatic carbocycles. The second kappa shape index (κ2) is 13.6. The molecule has 0 bridgehead atoms. The first-order chi connectivity index (χ1) is 25.8. The lowest BCUT2D eigenvalue weighted by molar-refractivity contribution is -0.116. The maximum atomic E-state index is 15.6. The minimum Gasteiger partial charge on any atom is -0.504 e. The number of piperidine rings is 1. The third-order valence-corrected chi connectivity index (χ3v) is 11.4. The highest BCUT2D eigenvalue weighted by Crippen LogP contribution is 2.50. The topological polar surface area (TPSA) is 151 Å². The first-order valence-corrected chi connectivity index (χ1v) is 18.6. The Bertz CT molecular complexity index is 2400. The van der Waals surface area contributed by atoms with Gasteiger partial charge in [-0.25, -0.2) is 14.4 Å². The molecule has 2 N–H and O–H groups in total. The number of aromatic nitrogens is 6. The molecular weight excluding hydrogens is 713 g/mol. The van der Waals surface area contributed by atoms with Gasteiger partial charge in [0.1, 0.15) is 18.7 Å². The molecule has 280 valence electrons. The van der Waals surface area contributed by atoms with E-state index in [0.29, 0.717) is 72.5 Å². The van der Waals surface area contributed by atoms with E-state index in [1.165, 1.54) is 16.9 Å². The number of hydrogen-bond donors (Lipinski definition) is 2. The summed E-state index contributed by atoms with van der Waals surface area (Å²) in [5, 5.41) is 18.5. The number of hydrogen-bond acceptors (Lipinski definition) is 9. The molecule has 3 aromatic heterocycles. The molecule has 13 nitrogen and oxygen atoms in total. The first kappa shape index (κ1) is 35.8. The van der Waals surface area contributed by atoms with Crippen molar-refractivity contribution in [3.05, 3.63) is 97.7 Å². The maximum Gasteiger partial charge on any atom is 0.279 e. The summed E-state index contributed by atoms with van der Waals surface area (Å²) in [6.45, 7) is 4.59. The predicted molar refractivity (Wildman–Crippen MR) is 200 cm³/mol. The zero-order valence-corrected chi connectivity index (χ0v) is 31.3. The number of fused-ring (bicyclic) bond motifs is 3. The van der Waals surface area contributed by atoms with E-state index >= 15 is 4.39 Å². The van der Waals surface area contributed by atoms with E-state index in [4.69, 9.17) is 16.6 Å². The zero-order valence-electron chi connectivity index (χ0n) is 30.6. The highest BCUT2D eigenvalue weighted by Gasteiger charge is 2.49. The summed E-state index contributed by atoms with van der Waals surface area (Å²) in [6.07, 6.45) is 5.02. The summed E-state index contributed by atoms with van der Waals surface area (Å²) >= 11 is 6.62. The van der Waals surface area contributed by atoms with Crippen LogP contribution in [-0.4, -0.2) is 83.0 Å². The molecule has 2 amide bonds. The summed E-state index contributed by atoms with van der Waals surface area (Å²) in [5.41, 5.74) is 2.96. The Hall–Kier alpha value is -5.21. The van der Waals surface area contributed by atoms with Gasteiger partial charge in [-0.2, -0.15) is 9.50 Å². The van der Waals surface area contributed by atoms with Crippen LogP contribution in [0.5, 0.6) is 5.75 Å². The first-order valence-electron chi connectivity index (χ1n) is 18.2. The van der Waals surface area contributed by atoms with Crippen molar-refractivity contribution in [3.8, 4) is 17.1 Å². The van der Waals surface area contributed by atoms with Crippen LogP contribution in [0, 0.1) is 12.7 Å². The molecule has 5 aromatic rings.